The third-order valence-corrected chi connectivity index (χ3v) is 4.25. The summed E-state index contributed by atoms with van der Waals surface area (Å²) in [5.74, 6) is -2.16. The van der Waals surface area contributed by atoms with Crippen LogP contribution in [0.3, 0.4) is 0 Å². The van der Waals surface area contributed by atoms with E-state index in [0.717, 1.165) is 6.07 Å². The van der Waals surface area contributed by atoms with Gasteiger partial charge < -0.3 is 14.7 Å². The van der Waals surface area contributed by atoms with Crippen LogP contribution in [0.1, 0.15) is 50.0 Å². The van der Waals surface area contributed by atoms with E-state index < -0.39 is 23.0 Å². The van der Waals surface area contributed by atoms with Gasteiger partial charge in [-0.15, -0.1) is 5.10 Å². The zero-order valence-electron chi connectivity index (χ0n) is 14.9. The van der Waals surface area contributed by atoms with Crippen LogP contribution in [-0.4, -0.2) is 55.8 Å². The zero-order valence-corrected chi connectivity index (χ0v) is 14.9. The van der Waals surface area contributed by atoms with Crippen molar-refractivity contribution in [3.63, 3.8) is 0 Å². The second kappa shape index (κ2) is 6.54. The first-order chi connectivity index (χ1) is 12.2. The fraction of sp³-hybridized carbons (Fsp3) is 0.529. The fourth-order valence-corrected chi connectivity index (χ4v) is 3.01. The number of benzene rings is 1. The van der Waals surface area contributed by atoms with Crippen molar-refractivity contribution >= 4 is 23.1 Å². The molecule has 1 aromatic carbocycles. The first-order valence-electron chi connectivity index (χ1n) is 8.41. The van der Waals surface area contributed by atoms with Crippen molar-refractivity contribution in [1.82, 2.24) is 19.9 Å². The molecule has 1 N–H and O–H groups in total. The Hall–Kier alpha value is -2.71. The van der Waals surface area contributed by atoms with Crippen molar-refractivity contribution in [3.05, 3.63) is 23.5 Å². The smallest absolute Gasteiger partial charge is 0.410 e. The Morgan fingerprint density at radius 1 is 1.27 bits per heavy atom. The second-order valence-corrected chi connectivity index (χ2v) is 7.36. The van der Waals surface area contributed by atoms with Gasteiger partial charge in [0.15, 0.2) is 0 Å². The molecular formula is C17H21FN4O4. The number of hydrogen-bond donors (Lipinski definition) is 1. The molecule has 0 spiro atoms. The Bertz CT molecular complexity index is 850. The summed E-state index contributed by atoms with van der Waals surface area (Å²) in [5, 5.41) is 17.0. The topological polar surface area (TPSA) is 97.5 Å². The summed E-state index contributed by atoms with van der Waals surface area (Å²) in [7, 11) is 0. The molecule has 1 aliphatic heterocycles. The molecule has 140 valence electrons. The minimum atomic E-state index is -1.34. The van der Waals surface area contributed by atoms with Crippen molar-refractivity contribution in [1.29, 1.82) is 0 Å². The number of likely N-dealkylation sites (tertiary alicyclic amines) is 1. The molecule has 1 saturated heterocycles. The maximum atomic E-state index is 14.0. The van der Waals surface area contributed by atoms with Crippen LogP contribution in [0, 0.1) is 5.82 Å². The molecule has 0 atom stereocenters. The molecule has 0 radical (unpaired) electrons. The molecule has 26 heavy (non-hydrogen) atoms. The largest absolute Gasteiger partial charge is 0.478 e. The molecule has 1 aliphatic rings. The molecule has 1 fully saturated rings. The summed E-state index contributed by atoms with van der Waals surface area (Å²) in [5.41, 5.74) is -0.194. The predicted octanol–water partition coefficient (Wildman–Crippen LogP) is 2.84. The van der Waals surface area contributed by atoms with Gasteiger partial charge in [0.25, 0.3) is 0 Å². The number of carbonyl (C=O) groups excluding carboxylic acids is 1. The Balaban J connectivity index is 1.75. The molecule has 1 aromatic heterocycles. The molecule has 1 amide bonds. The van der Waals surface area contributed by atoms with Crippen LogP contribution in [0.15, 0.2) is 12.1 Å². The number of carboxylic acids is 1. The first kappa shape index (κ1) is 18.1. The highest BCUT2D eigenvalue weighted by atomic mass is 19.1. The van der Waals surface area contributed by atoms with E-state index >= 15 is 0 Å². The van der Waals surface area contributed by atoms with Crippen molar-refractivity contribution in [2.24, 2.45) is 0 Å². The number of carbonyl (C=O) groups is 2. The van der Waals surface area contributed by atoms with Gasteiger partial charge >= 0.3 is 12.1 Å². The van der Waals surface area contributed by atoms with Crippen molar-refractivity contribution in [3.8, 4) is 0 Å². The van der Waals surface area contributed by atoms with E-state index in [1.165, 1.54) is 6.07 Å². The molecule has 2 aromatic rings. The van der Waals surface area contributed by atoms with Crippen molar-refractivity contribution < 1.29 is 23.8 Å². The number of amides is 1. The quantitative estimate of drug-likeness (QED) is 0.880. The molecule has 3 rings (SSSR count). The highest BCUT2D eigenvalue weighted by molar-refractivity contribution is 5.92. The number of ether oxygens (including phenoxy) is 1. The lowest BCUT2D eigenvalue weighted by Gasteiger charge is -2.33. The Morgan fingerprint density at radius 2 is 1.92 bits per heavy atom. The lowest BCUT2D eigenvalue weighted by molar-refractivity contribution is 0.0185. The van der Waals surface area contributed by atoms with Crippen molar-refractivity contribution in [2.45, 2.75) is 45.3 Å². The lowest BCUT2D eigenvalue weighted by atomic mass is 10.1. The third-order valence-electron chi connectivity index (χ3n) is 4.25. The van der Waals surface area contributed by atoms with Gasteiger partial charge in [-0.25, -0.2) is 18.7 Å². The van der Waals surface area contributed by atoms with E-state index in [0.29, 0.717) is 37.0 Å². The second-order valence-electron chi connectivity index (χ2n) is 7.36. The van der Waals surface area contributed by atoms with Gasteiger partial charge in [-0.05, 0) is 39.7 Å². The van der Waals surface area contributed by atoms with Gasteiger partial charge in [0.05, 0.1) is 17.1 Å². The number of rotatable bonds is 2. The van der Waals surface area contributed by atoms with E-state index in [1.54, 1.807) is 9.58 Å². The maximum absolute atomic E-state index is 14.0. The van der Waals surface area contributed by atoms with Crippen LogP contribution in [0.2, 0.25) is 0 Å². The van der Waals surface area contributed by atoms with Gasteiger partial charge in [-0.2, -0.15) is 0 Å². The Labute approximate surface area is 149 Å². The highest BCUT2D eigenvalue weighted by Gasteiger charge is 2.29. The normalized spacial score (nSPS) is 16.1. The number of halogens is 1. The molecule has 0 bridgehead atoms. The lowest BCUT2D eigenvalue weighted by Crippen LogP contribution is -2.42. The average molecular weight is 364 g/mol. The van der Waals surface area contributed by atoms with Crippen LogP contribution in [0.4, 0.5) is 9.18 Å². The molecular weight excluding hydrogens is 343 g/mol. The standard InChI is InChI=1S/C17H21FN4O4/c1-17(2,3)26-16(25)21-6-4-10(5-7-21)22-14-9-12(18)11(15(23)24)8-13(14)19-20-22/h8-10H,4-7H2,1-3H3,(H,23,24). The molecule has 0 aliphatic carbocycles. The van der Waals surface area contributed by atoms with Gasteiger partial charge in [-0.3, -0.25) is 0 Å². The number of aromatic nitrogens is 3. The number of piperidine rings is 1. The summed E-state index contributed by atoms with van der Waals surface area (Å²) in [6.45, 7) is 6.45. The minimum Gasteiger partial charge on any atom is -0.478 e. The summed E-state index contributed by atoms with van der Waals surface area (Å²) in [6, 6.07) is 2.29. The number of fused-ring (bicyclic) bond motifs is 1. The molecule has 0 unspecified atom stereocenters. The van der Waals surface area contributed by atoms with E-state index in [1.807, 2.05) is 20.8 Å². The number of hydrogen-bond acceptors (Lipinski definition) is 5. The van der Waals surface area contributed by atoms with E-state index in [-0.39, 0.29) is 12.1 Å². The summed E-state index contributed by atoms with van der Waals surface area (Å²) < 4.78 is 21.0. The van der Waals surface area contributed by atoms with E-state index in [4.69, 9.17) is 9.84 Å². The monoisotopic (exact) mass is 364 g/mol. The number of carboxylic acid groups (broad SMARTS) is 1. The Morgan fingerprint density at radius 3 is 2.50 bits per heavy atom. The molecule has 9 heteroatoms. The van der Waals surface area contributed by atoms with Crippen LogP contribution in [0.25, 0.3) is 11.0 Å². The molecule has 2 heterocycles. The summed E-state index contributed by atoms with van der Waals surface area (Å²) in [4.78, 5) is 24.8. The van der Waals surface area contributed by atoms with Gasteiger partial charge in [0.1, 0.15) is 16.9 Å². The summed E-state index contributed by atoms with van der Waals surface area (Å²) >= 11 is 0. The molecule has 0 saturated carbocycles. The molecule has 8 nitrogen and oxygen atoms in total. The van der Waals surface area contributed by atoms with Crippen LogP contribution < -0.4 is 0 Å². The number of aromatic carboxylic acids is 1. The van der Waals surface area contributed by atoms with Crippen LogP contribution in [-0.2, 0) is 4.74 Å². The Kier molecular flexibility index (Phi) is 4.55. The third kappa shape index (κ3) is 3.61. The summed E-state index contributed by atoms with van der Waals surface area (Å²) in [6.07, 6.45) is 0.900. The van der Waals surface area contributed by atoms with Gasteiger partial charge in [0.2, 0.25) is 0 Å². The number of nitrogens with zero attached hydrogens (tertiary/aromatic N) is 4. The van der Waals surface area contributed by atoms with E-state index in [9.17, 15) is 14.0 Å². The predicted molar refractivity (Wildman–Crippen MR) is 90.5 cm³/mol. The average Bonchev–Trinajstić information content (AvgIpc) is 2.95. The van der Waals surface area contributed by atoms with Gasteiger partial charge in [-0.1, -0.05) is 5.21 Å². The van der Waals surface area contributed by atoms with Crippen molar-refractivity contribution in [2.75, 3.05) is 13.1 Å². The minimum absolute atomic E-state index is 0.0474. The van der Waals surface area contributed by atoms with E-state index in [2.05, 4.69) is 10.3 Å². The van der Waals surface area contributed by atoms with Crippen LogP contribution in [0.5, 0.6) is 0 Å². The highest BCUT2D eigenvalue weighted by Crippen LogP contribution is 2.27. The van der Waals surface area contributed by atoms with Crippen LogP contribution >= 0.6 is 0 Å². The maximum Gasteiger partial charge on any atom is 0.410 e. The SMILES string of the molecule is CC(C)(C)OC(=O)N1CCC(n2nnc3cc(C(=O)O)c(F)cc32)CC1. The first-order valence-corrected chi connectivity index (χ1v) is 8.41. The zero-order chi connectivity index (χ0) is 19.1. The fourth-order valence-electron chi connectivity index (χ4n) is 3.01. The van der Waals surface area contributed by atoms with Gasteiger partial charge in [0, 0.05) is 19.2 Å².